The minimum atomic E-state index is 0.612. The highest BCUT2D eigenvalue weighted by Crippen LogP contribution is 2.32. The lowest BCUT2D eigenvalue weighted by Gasteiger charge is -2.11. The summed E-state index contributed by atoms with van der Waals surface area (Å²) < 4.78 is 6.08. The van der Waals surface area contributed by atoms with E-state index in [-0.39, 0.29) is 0 Å². The van der Waals surface area contributed by atoms with E-state index in [4.69, 9.17) is 19.4 Å². The van der Waals surface area contributed by atoms with Crippen LogP contribution < -0.4 is 0 Å². The molecule has 41 heavy (non-hydrogen) atoms. The van der Waals surface area contributed by atoms with E-state index in [1.807, 2.05) is 24.3 Å². The second-order valence-electron chi connectivity index (χ2n) is 10.2. The lowest BCUT2D eigenvalue weighted by Crippen LogP contribution is -2.03. The molecule has 0 radical (unpaired) electrons. The van der Waals surface area contributed by atoms with Gasteiger partial charge in [-0.25, -0.2) is 15.0 Å². The van der Waals surface area contributed by atoms with Crippen molar-refractivity contribution in [3.05, 3.63) is 133 Å². The quantitative estimate of drug-likeness (QED) is 0.230. The van der Waals surface area contributed by atoms with Crippen molar-refractivity contribution in [3.63, 3.8) is 0 Å². The molecule has 4 heteroatoms. The second kappa shape index (κ2) is 9.59. The summed E-state index contributed by atoms with van der Waals surface area (Å²) in [6.45, 7) is 0. The SMILES string of the molecule is c1ccc2c(c#1)oc1cc(-c3nc(C4=CCCC=C4)nc(-c4ccc(-c5ccc6ccccc6c5)cc4)n3)ccc12. The number of allylic oxidation sites excluding steroid dienone is 4. The molecular formula is C37H23N3O. The Morgan fingerprint density at radius 3 is 2.22 bits per heavy atom. The third-order valence-electron chi connectivity index (χ3n) is 7.62. The normalized spacial score (nSPS) is 13.0. The van der Waals surface area contributed by atoms with Crippen LogP contribution in [-0.2, 0) is 0 Å². The molecule has 5 aromatic carbocycles. The first-order valence-corrected chi connectivity index (χ1v) is 13.8. The predicted molar refractivity (Wildman–Crippen MR) is 165 cm³/mol. The van der Waals surface area contributed by atoms with Crippen LogP contribution in [0.2, 0.25) is 0 Å². The first-order chi connectivity index (χ1) is 20.3. The summed E-state index contributed by atoms with van der Waals surface area (Å²) in [6, 6.07) is 39.4. The van der Waals surface area contributed by atoms with Crippen molar-refractivity contribution in [2.45, 2.75) is 12.8 Å². The van der Waals surface area contributed by atoms with Gasteiger partial charge in [0.15, 0.2) is 23.1 Å². The number of hydrogen-bond donors (Lipinski definition) is 0. The zero-order valence-corrected chi connectivity index (χ0v) is 22.1. The van der Waals surface area contributed by atoms with Gasteiger partial charge >= 0.3 is 0 Å². The van der Waals surface area contributed by atoms with Crippen molar-refractivity contribution in [1.29, 1.82) is 0 Å². The Morgan fingerprint density at radius 1 is 0.610 bits per heavy atom. The number of benzene rings is 4. The number of rotatable bonds is 4. The molecule has 0 saturated carbocycles. The Morgan fingerprint density at radius 2 is 1.37 bits per heavy atom. The van der Waals surface area contributed by atoms with Crippen molar-refractivity contribution >= 4 is 38.3 Å². The molecule has 2 heterocycles. The molecule has 7 aromatic rings. The van der Waals surface area contributed by atoms with E-state index in [1.165, 1.54) is 16.3 Å². The maximum atomic E-state index is 6.08. The van der Waals surface area contributed by atoms with Crippen molar-refractivity contribution < 1.29 is 4.42 Å². The maximum absolute atomic E-state index is 6.08. The lowest BCUT2D eigenvalue weighted by atomic mass is 10.00. The smallest absolute Gasteiger partial charge is 0.185 e. The molecule has 0 amide bonds. The van der Waals surface area contributed by atoms with Crippen LogP contribution in [0.25, 0.3) is 72.2 Å². The molecule has 0 fully saturated rings. The third kappa shape index (κ3) is 4.25. The van der Waals surface area contributed by atoms with Gasteiger partial charge in [0, 0.05) is 27.5 Å². The van der Waals surface area contributed by atoms with Gasteiger partial charge in [-0.15, -0.1) is 0 Å². The Labute approximate surface area is 237 Å². The number of fused-ring (bicyclic) bond motifs is 4. The topological polar surface area (TPSA) is 51.8 Å². The Kier molecular flexibility index (Phi) is 5.46. The molecule has 0 saturated heterocycles. The second-order valence-corrected chi connectivity index (χ2v) is 10.2. The maximum Gasteiger partial charge on any atom is 0.185 e. The van der Waals surface area contributed by atoms with Crippen LogP contribution in [-0.4, -0.2) is 15.0 Å². The van der Waals surface area contributed by atoms with Gasteiger partial charge in [0.25, 0.3) is 0 Å². The number of nitrogens with zero attached hydrogens (tertiary/aromatic N) is 3. The van der Waals surface area contributed by atoms with Gasteiger partial charge < -0.3 is 4.42 Å². The van der Waals surface area contributed by atoms with E-state index in [0.29, 0.717) is 23.1 Å². The lowest BCUT2D eigenvalue weighted by molar-refractivity contribution is 0.669. The van der Waals surface area contributed by atoms with Gasteiger partial charge in [-0.2, -0.15) is 0 Å². The fourth-order valence-electron chi connectivity index (χ4n) is 5.47. The van der Waals surface area contributed by atoms with E-state index in [1.54, 1.807) is 0 Å². The van der Waals surface area contributed by atoms with Crippen molar-refractivity contribution in [2.75, 3.05) is 0 Å². The van der Waals surface area contributed by atoms with E-state index >= 15 is 0 Å². The highest BCUT2D eigenvalue weighted by Gasteiger charge is 2.15. The Balaban J connectivity index is 1.22. The molecule has 0 bridgehead atoms. The zero-order chi connectivity index (χ0) is 27.2. The molecule has 1 aliphatic rings. The van der Waals surface area contributed by atoms with E-state index in [0.717, 1.165) is 51.5 Å². The molecule has 0 N–H and O–H groups in total. The summed E-state index contributed by atoms with van der Waals surface area (Å²) in [5.74, 6) is 1.93. The first-order valence-electron chi connectivity index (χ1n) is 13.8. The Bertz CT molecular complexity index is 2150. The summed E-state index contributed by atoms with van der Waals surface area (Å²) in [5.41, 5.74) is 6.63. The van der Waals surface area contributed by atoms with E-state index in [2.05, 4.69) is 103 Å². The summed E-state index contributed by atoms with van der Waals surface area (Å²) in [7, 11) is 0. The first kappa shape index (κ1) is 23.4. The minimum Gasteiger partial charge on any atom is -0.447 e. The molecule has 0 aliphatic heterocycles. The molecule has 0 spiro atoms. The summed E-state index contributed by atoms with van der Waals surface area (Å²) in [5, 5.41) is 4.52. The van der Waals surface area contributed by atoms with Crippen molar-refractivity contribution in [2.24, 2.45) is 0 Å². The molecule has 2 aromatic heterocycles. The zero-order valence-electron chi connectivity index (χ0n) is 22.1. The van der Waals surface area contributed by atoms with Gasteiger partial charge in [-0.1, -0.05) is 91.0 Å². The molecule has 1 aliphatic carbocycles. The highest BCUT2D eigenvalue weighted by molar-refractivity contribution is 6.05. The molecule has 0 atom stereocenters. The van der Waals surface area contributed by atoms with E-state index < -0.39 is 0 Å². The van der Waals surface area contributed by atoms with Crippen LogP contribution in [0.1, 0.15) is 18.7 Å². The number of hydrogen-bond acceptors (Lipinski definition) is 4. The molecule has 0 unspecified atom stereocenters. The largest absolute Gasteiger partial charge is 0.447 e. The van der Waals surface area contributed by atoms with Crippen LogP contribution in [0, 0.1) is 12.1 Å². The molecule has 192 valence electrons. The van der Waals surface area contributed by atoms with Gasteiger partial charge in [0.05, 0.1) is 0 Å². The van der Waals surface area contributed by atoms with Crippen molar-refractivity contribution in [1.82, 2.24) is 15.0 Å². The van der Waals surface area contributed by atoms with Crippen LogP contribution >= 0.6 is 0 Å². The summed E-state index contributed by atoms with van der Waals surface area (Å²) in [6.07, 6.45) is 8.47. The third-order valence-corrected chi connectivity index (χ3v) is 7.62. The van der Waals surface area contributed by atoms with Crippen LogP contribution in [0.5, 0.6) is 0 Å². The van der Waals surface area contributed by atoms with Gasteiger partial charge in [0.2, 0.25) is 0 Å². The highest BCUT2D eigenvalue weighted by atomic mass is 16.3. The monoisotopic (exact) mass is 525 g/mol. The molecule has 8 rings (SSSR count). The number of aromatic nitrogens is 3. The standard InChI is InChI=1S/C37H23N3O/c1-2-9-26(10-3-1)35-38-36(27-17-14-25(15-18-27)29-19-16-24-8-4-5-11-28(24)22-29)40-37(39-35)30-20-21-32-31-12-6-7-13-33(31)41-34(32)23-30/h2,4-6,8-12,14-23H,1,3H2. The van der Waals surface area contributed by atoms with Gasteiger partial charge in [0.1, 0.15) is 5.58 Å². The fourth-order valence-corrected chi connectivity index (χ4v) is 5.47. The Hall–Kier alpha value is -5.53. The minimum absolute atomic E-state index is 0.612. The van der Waals surface area contributed by atoms with Crippen LogP contribution in [0.4, 0.5) is 0 Å². The average molecular weight is 526 g/mol. The van der Waals surface area contributed by atoms with Crippen LogP contribution in [0.3, 0.4) is 0 Å². The van der Waals surface area contributed by atoms with E-state index in [9.17, 15) is 0 Å². The van der Waals surface area contributed by atoms with Gasteiger partial charge in [-0.3, -0.25) is 0 Å². The fraction of sp³-hybridized carbons (Fsp3) is 0.0541. The van der Waals surface area contributed by atoms with Gasteiger partial charge in [-0.05, 0) is 71.1 Å². The summed E-state index contributed by atoms with van der Waals surface area (Å²) in [4.78, 5) is 14.8. The van der Waals surface area contributed by atoms with Crippen molar-refractivity contribution in [3.8, 4) is 33.9 Å². The average Bonchev–Trinajstić information content (AvgIpc) is 3.43. The molecular weight excluding hydrogens is 502 g/mol. The molecule has 4 nitrogen and oxygen atoms in total. The predicted octanol–water partition coefficient (Wildman–Crippen LogP) is 9.26. The number of furan rings is 1. The van der Waals surface area contributed by atoms with Crippen LogP contribution in [0.15, 0.2) is 120 Å². The summed E-state index contributed by atoms with van der Waals surface area (Å²) >= 11 is 0.